The van der Waals surface area contributed by atoms with Gasteiger partial charge in [-0.15, -0.1) is 11.8 Å². The van der Waals surface area contributed by atoms with Gasteiger partial charge in [-0.2, -0.15) is 0 Å². The Labute approximate surface area is 108 Å². The molecule has 2 heteroatoms. The number of fused-ring (bicyclic) bond motifs is 1. The molecule has 17 heavy (non-hydrogen) atoms. The molecule has 1 aromatic carbocycles. The minimum atomic E-state index is -0.309. The van der Waals surface area contributed by atoms with Crippen molar-refractivity contribution in [3.8, 4) is 0 Å². The van der Waals surface area contributed by atoms with E-state index in [0.717, 1.165) is 0 Å². The molecule has 2 rings (SSSR count). The average molecular weight is 248 g/mol. The van der Waals surface area contributed by atoms with Gasteiger partial charge in [0.15, 0.2) is 0 Å². The number of hydrogen-bond donors (Lipinski definition) is 0. The number of benzene rings is 1. The quantitative estimate of drug-likeness (QED) is 0.682. The van der Waals surface area contributed by atoms with Crippen LogP contribution in [0.15, 0.2) is 29.2 Å². The summed E-state index contributed by atoms with van der Waals surface area (Å²) in [4.78, 5) is 13.9. The first-order valence-electron chi connectivity index (χ1n) is 6.09. The van der Waals surface area contributed by atoms with E-state index in [4.69, 9.17) is 0 Å². The van der Waals surface area contributed by atoms with Crippen LogP contribution in [0.4, 0.5) is 0 Å². The molecule has 0 saturated heterocycles. The number of Topliss-reactive ketones (excluding diaryl/α,β-unsaturated/α-hetero) is 1. The molecule has 0 aromatic heterocycles. The van der Waals surface area contributed by atoms with Crippen molar-refractivity contribution in [2.45, 2.75) is 50.2 Å². The molecular formula is C15H20OS. The van der Waals surface area contributed by atoms with Crippen molar-refractivity contribution in [1.29, 1.82) is 0 Å². The van der Waals surface area contributed by atoms with Gasteiger partial charge in [-0.05, 0) is 25.5 Å². The number of hydrogen-bond acceptors (Lipinski definition) is 2. The summed E-state index contributed by atoms with van der Waals surface area (Å²) in [5.41, 5.74) is 0.872. The second-order valence-electron chi connectivity index (χ2n) is 5.86. The fraction of sp³-hybridized carbons (Fsp3) is 0.533. The van der Waals surface area contributed by atoms with E-state index in [1.165, 1.54) is 10.5 Å². The third-order valence-electron chi connectivity index (χ3n) is 4.27. The van der Waals surface area contributed by atoms with Crippen LogP contribution >= 0.6 is 11.8 Å². The molecule has 0 fully saturated rings. The van der Waals surface area contributed by atoms with E-state index >= 15 is 0 Å². The van der Waals surface area contributed by atoms with Crippen LogP contribution in [0.3, 0.4) is 0 Å². The SMILES string of the molecule is CC1C(=O)C(C)(C)C(C)(C)Sc2ccccc21. The highest BCUT2D eigenvalue weighted by molar-refractivity contribution is 8.00. The number of carbonyl (C=O) groups is 1. The van der Waals surface area contributed by atoms with Crippen LogP contribution in [0.5, 0.6) is 0 Å². The number of rotatable bonds is 0. The fourth-order valence-corrected chi connectivity index (χ4v) is 3.73. The minimum absolute atomic E-state index is 0.00419. The van der Waals surface area contributed by atoms with Crippen LogP contribution in [0.2, 0.25) is 0 Å². The molecule has 0 aliphatic carbocycles. The highest BCUT2D eigenvalue weighted by Crippen LogP contribution is 2.52. The maximum Gasteiger partial charge on any atom is 0.147 e. The molecule has 0 saturated carbocycles. The molecule has 0 N–H and O–H groups in total. The molecule has 0 bridgehead atoms. The summed E-state index contributed by atoms with van der Waals surface area (Å²) in [6, 6.07) is 8.29. The van der Waals surface area contributed by atoms with Gasteiger partial charge < -0.3 is 0 Å². The third kappa shape index (κ3) is 1.83. The van der Waals surface area contributed by atoms with Crippen molar-refractivity contribution in [3.05, 3.63) is 29.8 Å². The van der Waals surface area contributed by atoms with E-state index in [2.05, 4.69) is 45.9 Å². The fourth-order valence-electron chi connectivity index (χ4n) is 2.31. The van der Waals surface area contributed by atoms with Gasteiger partial charge in [0.05, 0.1) is 0 Å². The zero-order chi connectivity index (χ0) is 12.8. The van der Waals surface area contributed by atoms with Gasteiger partial charge in [-0.25, -0.2) is 0 Å². The highest BCUT2D eigenvalue weighted by Gasteiger charge is 2.48. The summed E-state index contributed by atoms with van der Waals surface area (Å²) < 4.78 is -0.0784. The number of ketones is 1. The highest BCUT2D eigenvalue weighted by atomic mass is 32.2. The van der Waals surface area contributed by atoms with E-state index in [0.29, 0.717) is 5.78 Å². The lowest BCUT2D eigenvalue weighted by Crippen LogP contribution is -2.43. The lowest BCUT2D eigenvalue weighted by Gasteiger charge is -2.38. The molecule has 0 amide bonds. The van der Waals surface area contributed by atoms with Crippen molar-refractivity contribution < 1.29 is 4.79 Å². The van der Waals surface area contributed by atoms with Gasteiger partial charge in [-0.1, -0.05) is 39.0 Å². The van der Waals surface area contributed by atoms with E-state index in [1.54, 1.807) is 0 Å². The van der Waals surface area contributed by atoms with Crippen molar-refractivity contribution in [1.82, 2.24) is 0 Å². The summed E-state index contributed by atoms with van der Waals surface area (Å²) in [5.74, 6) is 0.343. The second-order valence-corrected chi connectivity index (χ2v) is 7.53. The molecule has 92 valence electrons. The molecule has 0 radical (unpaired) electrons. The van der Waals surface area contributed by atoms with Gasteiger partial charge in [0, 0.05) is 21.0 Å². The molecule has 1 aliphatic heterocycles. The Hall–Kier alpha value is -0.760. The number of carbonyl (C=O) groups excluding carboxylic acids is 1. The topological polar surface area (TPSA) is 17.1 Å². The Bertz CT molecular complexity index is 460. The zero-order valence-corrected chi connectivity index (χ0v) is 12.0. The van der Waals surface area contributed by atoms with Gasteiger partial charge in [-0.3, -0.25) is 4.79 Å². The van der Waals surface area contributed by atoms with Gasteiger partial charge >= 0.3 is 0 Å². The van der Waals surface area contributed by atoms with Crippen LogP contribution in [0.1, 0.15) is 46.1 Å². The summed E-state index contributed by atoms with van der Waals surface area (Å²) in [6.07, 6.45) is 0. The standard InChI is InChI=1S/C15H20OS/c1-10-11-8-6-7-9-12(11)17-15(4,5)14(2,3)13(10)16/h6-10H,1-5H3. The Kier molecular flexibility index (Phi) is 2.89. The molecule has 1 aromatic rings. The molecule has 1 aliphatic rings. The van der Waals surface area contributed by atoms with Crippen molar-refractivity contribution in [3.63, 3.8) is 0 Å². The average Bonchev–Trinajstić information content (AvgIpc) is 2.30. The number of thioether (sulfide) groups is 1. The summed E-state index contributed by atoms with van der Waals surface area (Å²) in [7, 11) is 0. The minimum Gasteiger partial charge on any atom is -0.298 e. The van der Waals surface area contributed by atoms with Gasteiger partial charge in [0.2, 0.25) is 0 Å². The predicted molar refractivity (Wildman–Crippen MR) is 73.6 cm³/mol. The monoisotopic (exact) mass is 248 g/mol. The molecule has 1 nitrogen and oxygen atoms in total. The Morgan fingerprint density at radius 3 is 2.35 bits per heavy atom. The Morgan fingerprint density at radius 1 is 1.12 bits per heavy atom. The van der Waals surface area contributed by atoms with Crippen LogP contribution in [-0.4, -0.2) is 10.5 Å². The normalized spacial score (nSPS) is 26.2. The van der Waals surface area contributed by atoms with Crippen LogP contribution in [-0.2, 0) is 4.79 Å². The van der Waals surface area contributed by atoms with E-state index in [9.17, 15) is 4.79 Å². The lowest BCUT2D eigenvalue weighted by molar-refractivity contribution is -0.129. The van der Waals surface area contributed by atoms with Crippen LogP contribution in [0, 0.1) is 5.41 Å². The molecule has 1 unspecified atom stereocenters. The van der Waals surface area contributed by atoms with E-state index in [-0.39, 0.29) is 16.1 Å². The van der Waals surface area contributed by atoms with Gasteiger partial charge in [0.1, 0.15) is 5.78 Å². The Balaban J connectivity index is 2.62. The van der Waals surface area contributed by atoms with Crippen molar-refractivity contribution in [2.24, 2.45) is 5.41 Å². The smallest absolute Gasteiger partial charge is 0.147 e. The zero-order valence-electron chi connectivity index (χ0n) is 11.2. The first-order chi connectivity index (χ1) is 7.77. The molecular weight excluding hydrogens is 228 g/mol. The van der Waals surface area contributed by atoms with Crippen molar-refractivity contribution in [2.75, 3.05) is 0 Å². The largest absolute Gasteiger partial charge is 0.298 e. The molecule has 0 spiro atoms. The maximum absolute atomic E-state index is 12.6. The predicted octanol–water partition coefficient (Wildman–Crippen LogP) is 4.27. The molecule has 1 heterocycles. The Morgan fingerprint density at radius 2 is 1.71 bits per heavy atom. The summed E-state index contributed by atoms with van der Waals surface area (Å²) >= 11 is 1.83. The maximum atomic E-state index is 12.6. The van der Waals surface area contributed by atoms with E-state index < -0.39 is 0 Å². The summed E-state index contributed by atoms with van der Waals surface area (Å²) in [6.45, 7) is 10.5. The van der Waals surface area contributed by atoms with Crippen molar-refractivity contribution >= 4 is 17.5 Å². The first-order valence-corrected chi connectivity index (χ1v) is 6.91. The first kappa shape index (κ1) is 12.7. The summed E-state index contributed by atoms with van der Waals surface area (Å²) in [5, 5.41) is 0. The molecule has 1 atom stereocenters. The van der Waals surface area contributed by atoms with Crippen LogP contribution in [0.25, 0.3) is 0 Å². The second kappa shape index (κ2) is 3.88. The van der Waals surface area contributed by atoms with E-state index in [1.807, 2.05) is 24.8 Å². The van der Waals surface area contributed by atoms with Crippen LogP contribution < -0.4 is 0 Å². The van der Waals surface area contributed by atoms with Gasteiger partial charge in [0.25, 0.3) is 0 Å². The lowest BCUT2D eigenvalue weighted by atomic mass is 9.72. The third-order valence-corrected chi connectivity index (χ3v) is 5.88.